The summed E-state index contributed by atoms with van der Waals surface area (Å²) in [4.78, 5) is 106. The molecular weight excluding hydrogens is 912 g/mol. The van der Waals surface area contributed by atoms with E-state index in [0.717, 1.165) is 51.4 Å². The number of hydrogen-bond donors (Lipinski definition) is 16. The smallest absolute Gasteiger partial charge is 0.308 e. The van der Waals surface area contributed by atoms with E-state index >= 15 is 0 Å². The quantitative estimate of drug-likeness (QED) is 0.108. The van der Waals surface area contributed by atoms with Gasteiger partial charge in [0, 0.05) is 40.7 Å². The van der Waals surface area contributed by atoms with Gasteiger partial charge in [0.15, 0.2) is 0 Å². The van der Waals surface area contributed by atoms with Crippen molar-refractivity contribution in [2.45, 2.75) is 101 Å². The fourth-order valence-electron chi connectivity index (χ4n) is 14.9. The van der Waals surface area contributed by atoms with Crippen LogP contribution in [-0.4, -0.2) is 138 Å². The first kappa shape index (κ1) is 47.5. The van der Waals surface area contributed by atoms with Crippen molar-refractivity contribution < 1.29 is 96.3 Å². The predicted molar refractivity (Wildman–Crippen MR) is 209 cm³/mol. The van der Waals surface area contributed by atoms with Crippen LogP contribution in [0.5, 0.6) is 0 Å². The second-order valence-corrected chi connectivity index (χ2v) is 19.6. The molecule has 4 aliphatic carbocycles. The van der Waals surface area contributed by atoms with Crippen LogP contribution in [0.3, 0.4) is 0 Å². The van der Waals surface area contributed by atoms with Crippen molar-refractivity contribution in [1.29, 1.82) is 0 Å². The van der Waals surface area contributed by atoms with Gasteiger partial charge in [0.1, 0.15) is 0 Å². The molecule has 0 spiro atoms. The van der Waals surface area contributed by atoms with Gasteiger partial charge in [0.05, 0.1) is 96.7 Å². The molecule has 5 aliphatic heterocycles. The van der Waals surface area contributed by atoms with E-state index in [4.69, 9.17) is 0 Å². The Bertz CT molecular complexity index is 1850. The summed E-state index contributed by atoms with van der Waals surface area (Å²) in [6.07, 6.45) is -0.163. The molecule has 9 fully saturated rings. The molecule has 4 saturated carbocycles. The molecule has 0 amide bonds. The minimum atomic E-state index is -2.27. The molecule has 24 nitrogen and oxygen atoms in total. The van der Waals surface area contributed by atoms with E-state index in [1.54, 1.807) is 0 Å². The number of carboxylic acids is 8. The molecule has 25 heteroatoms. The van der Waals surface area contributed by atoms with E-state index in [1.165, 1.54) is 0 Å². The first-order valence-corrected chi connectivity index (χ1v) is 22.3. The van der Waals surface area contributed by atoms with Gasteiger partial charge >= 0.3 is 47.8 Å². The maximum atomic E-state index is 13.4. The third-order valence-electron chi connectivity index (χ3n) is 17.0. The SMILES string of the molecule is O=C(O)C1C(C(=O)O)C(C(=O)O)C2C3NC(NC4NC(NC5NC(NC6NC(N3)C3C(C(=O)O)C(C(=O)O)C(C(=O)O)C(C(=O)O)C63)C3CCCCC53)C3CCCCC43)C2C1C(=O)O.[Cu]. The minimum absolute atomic E-state index is 0. The third kappa shape index (κ3) is 7.68. The van der Waals surface area contributed by atoms with Crippen molar-refractivity contribution in [3.8, 4) is 0 Å². The van der Waals surface area contributed by atoms with Crippen LogP contribution in [0, 0.1) is 94.7 Å². The Morgan fingerprint density at radius 1 is 0.262 bits per heavy atom. The number of fused-ring (bicyclic) bond motifs is 20. The Balaban J connectivity index is 0.00000576. The molecule has 9 aliphatic rings. The van der Waals surface area contributed by atoms with E-state index in [2.05, 4.69) is 42.5 Å². The minimum Gasteiger partial charge on any atom is -0.481 e. The summed E-state index contributed by atoms with van der Waals surface area (Å²) in [6, 6.07) is 0. The molecule has 9 rings (SSSR count). The Kier molecular flexibility index (Phi) is 13.1. The monoisotopic (exact) mass is 967 g/mol. The van der Waals surface area contributed by atoms with Gasteiger partial charge in [-0.3, -0.25) is 80.9 Å². The summed E-state index contributed by atoms with van der Waals surface area (Å²) < 4.78 is 0. The Hall–Kier alpha value is -4.04. The predicted octanol–water partition coefficient (Wildman–Crippen LogP) is -2.91. The zero-order valence-corrected chi connectivity index (χ0v) is 35.6. The van der Waals surface area contributed by atoms with E-state index in [1.807, 2.05) is 0 Å². The van der Waals surface area contributed by atoms with Crippen molar-refractivity contribution in [1.82, 2.24) is 42.5 Å². The second kappa shape index (κ2) is 17.9. The third-order valence-corrected chi connectivity index (χ3v) is 17.0. The number of hydrogen-bond acceptors (Lipinski definition) is 16. The van der Waals surface area contributed by atoms with Crippen LogP contribution in [-0.2, 0) is 55.4 Å². The molecular formula is C40H56CuN8O16. The van der Waals surface area contributed by atoms with Crippen molar-refractivity contribution in [3.63, 3.8) is 0 Å². The second-order valence-electron chi connectivity index (χ2n) is 19.6. The van der Waals surface area contributed by atoms with Crippen molar-refractivity contribution in [2.24, 2.45) is 94.7 Å². The zero-order valence-electron chi connectivity index (χ0n) is 34.7. The molecule has 8 bridgehead atoms. The number of carboxylic acid groups (broad SMARTS) is 8. The Morgan fingerprint density at radius 3 is 0.585 bits per heavy atom. The van der Waals surface area contributed by atoms with Gasteiger partial charge in [-0.25, -0.2) is 0 Å². The van der Waals surface area contributed by atoms with Crippen LogP contribution in [0.25, 0.3) is 0 Å². The molecule has 0 aromatic heterocycles. The normalized spacial score (nSPS) is 48.5. The number of nitrogens with one attached hydrogen (secondary N) is 8. The van der Waals surface area contributed by atoms with E-state index in [0.29, 0.717) is 0 Å². The summed E-state index contributed by atoms with van der Waals surface area (Å²) in [5, 5.41) is 113. The van der Waals surface area contributed by atoms with Crippen LogP contribution in [0.4, 0.5) is 0 Å². The maximum absolute atomic E-state index is 13.4. The van der Waals surface area contributed by atoms with Crippen LogP contribution < -0.4 is 42.5 Å². The van der Waals surface area contributed by atoms with Crippen LogP contribution >= 0.6 is 0 Å². The molecule has 0 aromatic rings. The largest absolute Gasteiger partial charge is 0.481 e. The summed E-state index contributed by atoms with van der Waals surface area (Å²) in [6.45, 7) is 0. The molecule has 24 unspecified atom stereocenters. The van der Waals surface area contributed by atoms with Gasteiger partial charge in [0.25, 0.3) is 0 Å². The van der Waals surface area contributed by atoms with Crippen molar-refractivity contribution in [2.75, 3.05) is 0 Å². The van der Waals surface area contributed by atoms with E-state index in [9.17, 15) is 79.2 Å². The van der Waals surface area contributed by atoms with Gasteiger partial charge < -0.3 is 40.9 Å². The first-order valence-electron chi connectivity index (χ1n) is 22.3. The van der Waals surface area contributed by atoms with Gasteiger partial charge in [-0.15, -0.1) is 0 Å². The Labute approximate surface area is 381 Å². The Morgan fingerprint density at radius 2 is 0.415 bits per heavy atom. The van der Waals surface area contributed by atoms with Crippen LogP contribution in [0.1, 0.15) is 51.4 Å². The fraction of sp³-hybridized carbons (Fsp3) is 0.800. The topological polar surface area (TPSA) is 395 Å². The summed E-state index contributed by atoms with van der Waals surface area (Å²) >= 11 is 0. The van der Waals surface area contributed by atoms with Crippen LogP contribution in [0.2, 0.25) is 0 Å². The van der Waals surface area contributed by atoms with Crippen molar-refractivity contribution >= 4 is 47.8 Å². The average Bonchev–Trinajstić information content (AvgIpc) is 3.97. The molecule has 363 valence electrons. The molecule has 24 atom stereocenters. The molecule has 5 saturated heterocycles. The molecule has 0 aromatic carbocycles. The number of rotatable bonds is 8. The van der Waals surface area contributed by atoms with Crippen LogP contribution in [0.15, 0.2) is 0 Å². The number of carbonyl (C=O) groups is 8. The van der Waals surface area contributed by atoms with E-state index < -0.39 is 156 Å². The zero-order chi connectivity index (χ0) is 45.8. The summed E-state index contributed by atoms with van der Waals surface area (Å²) in [7, 11) is 0. The summed E-state index contributed by atoms with van der Waals surface area (Å²) in [5.74, 6) is -37.2. The molecule has 65 heavy (non-hydrogen) atoms. The molecule has 16 N–H and O–H groups in total. The van der Waals surface area contributed by atoms with Gasteiger partial charge in [-0.2, -0.15) is 0 Å². The molecule has 5 heterocycles. The van der Waals surface area contributed by atoms with E-state index in [-0.39, 0.29) is 53.1 Å². The van der Waals surface area contributed by atoms with Gasteiger partial charge in [-0.1, -0.05) is 25.7 Å². The van der Waals surface area contributed by atoms with Gasteiger partial charge in [-0.05, 0) is 49.4 Å². The first-order chi connectivity index (χ1) is 30.4. The molecule has 1 radical (unpaired) electrons. The van der Waals surface area contributed by atoms with Crippen molar-refractivity contribution in [3.05, 3.63) is 0 Å². The standard InChI is InChI=1S/C40H56N8O16.Cu/c49-33(50)17-13-15(19(35(53)54)23(39(61)62)21(17)37(57)58)31-46-29(13)44-27-11-7-3-1-5-9(11)25(42-27)41-26-10-6-2-4-8-12(10)28(43-26)45-30-14-16(32(47-30)48-31)20(36(55)56)24(40(63)64)22(38(59)60)18(14)34(51)52;/h9-32,41-48H,1-8H2,(H,49,50)(H,51,52)(H,53,54)(H,55,56)(H,57,58)(H,59,60)(H,61,62)(H,63,64);. The van der Waals surface area contributed by atoms with Gasteiger partial charge in [0.2, 0.25) is 0 Å². The number of aliphatic carboxylic acids is 8. The maximum Gasteiger partial charge on any atom is 0.308 e. The average molecular weight is 968 g/mol. The summed E-state index contributed by atoms with van der Waals surface area (Å²) in [5.41, 5.74) is 0. The fourth-order valence-corrected chi connectivity index (χ4v) is 14.9.